The highest BCUT2D eigenvalue weighted by atomic mass is 16.5. The normalized spacial score (nSPS) is 17.6. The summed E-state index contributed by atoms with van der Waals surface area (Å²) >= 11 is 0. The Kier molecular flexibility index (Phi) is 6.81. The predicted octanol–water partition coefficient (Wildman–Crippen LogP) is 3.91. The summed E-state index contributed by atoms with van der Waals surface area (Å²) in [6.07, 6.45) is 1.50. The summed E-state index contributed by atoms with van der Waals surface area (Å²) in [5.74, 6) is -0.547. The highest BCUT2D eigenvalue weighted by Gasteiger charge is 2.32. The summed E-state index contributed by atoms with van der Waals surface area (Å²) in [4.78, 5) is 12.8. The number of benzene rings is 2. The zero-order chi connectivity index (χ0) is 23.6. The highest BCUT2D eigenvalue weighted by molar-refractivity contribution is 6.03. The van der Waals surface area contributed by atoms with Crippen molar-refractivity contribution in [2.75, 3.05) is 0 Å². The van der Waals surface area contributed by atoms with E-state index in [0.29, 0.717) is 18.4 Å². The smallest absolute Gasteiger partial charge is 0.174 e. The van der Waals surface area contributed by atoms with Crippen LogP contribution in [0.4, 0.5) is 0 Å². The minimum atomic E-state index is -1.19. The Morgan fingerprint density at radius 2 is 1.88 bits per heavy atom. The van der Waals surface area contributed by atoms with Crippen LogP contribution in [0.2, 0.25) is 0 Å². The second-order valence-electron chi connectivity index (χ2n) is 8.88. The summed E-state index contributed by atoms with van der Waals surface area (Å²) in [7, 11) is 0. The molecular formula is C25H30O7. The molecule has 2 aromatic rings. The van der Waals surface area contributed by atoms with E-state index in [-0.39, 0.29) is 52.7 Å². The average Bonchev–Trinajstić information content (AvgIpc) is 2.70. The summed E-state index contributed by atoms with van der Waals surface area (Å²) in [5, 5.41) is 50.4. The molecule has 2 aromatic carbocycles. The van der Waals surface area contributed by atoms with Crippen LogP contribution in [0.25, 0.3) is 0 Å². The molecule has 1 unspecified atom stereocenters. The number of carbonyl (C=O) groups is 1. The lowest BCUT2D eigenvalue weighted by molar-refractivity contribution is -0.0509. The van der Waals surface area contributed by atoms with E-state index in [9.17, 15) is 30.3 Å². The fraction of sp³-hybridized carbons (Fsp3) is 0.400. The zero-order valence-corrected chi connectivity index (χ0v) is 18.5. The molecule has 7 heteroatoms. The van der Waals surface area contributed by atoms with Crippen LogP contribution in [-0.2, 0) is 6.42 Å². The van der Waals surface area contributed by atoms with Crippen molar-refractivity contribution < 1.29 is 35.1 Å². The SMILES string of the molecule is CC(=CCc1c(O)cc2c(c1O)C(=O)C[C@@H](c1ccc(O)cc1)O2)CCC(O)C(C)(C)O. The fourth-order valence-corrected chi connectivity index (χ4v) is 3.67. The minimum absolute atomic E-state index is 0.0270. The molecule has 0 aromatic heterocycles. The van der Waals surface area contributed by atoms with Crippen molar-refractivity contribution in [2.45, 2.75) is 64.3 Å². The van der Waals surface area contributed by atoms with E-state index < -0.39 is 17.8 Å². The van der Waals surface area contributed by atoms with Crippen molar-refractivity contribution >= 4 is 5.78 Å². The molecule has 0 fully saturated rings. The van der Waals surface area contributed by atoms with Crippen molar-refractivity contribution in [3.05, 3.63) is 58.7 Å². The largest absolute Gasteiger partial charge is 0.508 e. The van der Waals surface area contributed by atoms with Gasteiger partial charge in [0.05, 0.1) is 18.1 Å². The number of aliphatic hydroxyl groups excluding tert-OH is 1. The summed E-state index contributed by atoms with van der Waals surface area (Å²) in [5.41, 5.74) is 0.715. The van der Waals surface area contributed by atoms with Crippen LogP contribution >= 0.6 is 0 Å². The first-order chi connectivity index (χ1) is 15.0. The maximum atomic E-state index is 12.8. The van der Waals surface area contributed by atoms with Crippen molar-refractivity contribution in [2.24, 2.45) is 0 Å². The number of allylic oxidation sites excluding steroid dienone is 2. The fourth-order valence-electron chi connectivity index (χ4n) is 3.67. The Hall–Kier alpha value is -3.03. The van der Waals surface area contributed by atoms with Crippen molar-refractivity contribution in [1.82, 2.24) is 0 Å². The summed E-state index contributed by atoms with van der Waals surface area (Å²) < 4.78 is 5.88. The van der Waals surface area contributed by atoms with Gasteiger partial charge in [0.15, 0.2) is 5.78 Å². The third-order valence-electron chi connectivity index (χ3n) is 5.81. The molecule has 0 saturated heterocycles. The lowest BCUT2D eigenvalue weighted by Gasteiger charge is -2.27. The second kappa shape index (κ2) is 9.22. The number of aromatic hydroxyl groups is 3. The molecule has 0 amide bonds. The quantitative estimate of drug-likeness (QED) is 0.411. The van der Waals surface area contributed by atoms with Gasteiger partial charge in [-0.25, -0.2) is 0 Å². The van der Waals surface area contributed by atoms with Crippen LogP contribution in [0.5, 0.6) is 23.0 Å². The number of carbonyl (C=O) groups excluding carboxylic acids is 1. The van der Waals surface area contributed by atoms with Gasteiger partial charge in [-0.05, 0) is 57.7 Å². The zero-order valence-electron chi connectivity index (χ0n) is 18.5. The van der Waals surface area contributed by atoms with Gasteiger partial charge < -0.3 is 30.3 Å². The van der Waals surface area contributed by atoms with Crippen LogP contribution in [0.3, 0.4) is 0 Å². The van der Waals surface area contributed by atoms with Crippen molar-refractivity contribution in [3.63, 3.8) is 0 Å². The molecule has 2 atom stereocenters. The second-order valence-corrected chi connectivity index (χ2v) is 8.88. The first kappa shape index (κ1) is 23.6. The molecule has 1 aliphatic rings. The van der Waals surface area contributed by atoms with Gasteiger partial charge >= 0.3 is 0 Å². The topological polar surface area (TPSA) is 127 Å². The van der Waals surface area contributed by atoms with E-state index in [1.807, 2.05) is 13.0 Å². The number of ketones is 1. The number of phenols is 3. The van der Waals surface area contributed by atoms with Gasteiger partial charge in [0.25, 0.3) is 0 Å². The van der Waals surface area contributed by atoms with Gasteiger partial charge in [-0.2, -0.15) is 0 Å². The number of fused-ring (bicyclic) bond motifs is 1. The maximum absolute atomic E-state index is 12.8. The van der Waals surface area contributed by atoms with Gasteiger partial charge in [-0.15, -0.1) is 0 Å². The molecule has 0 saturated carbocycles. The first-order valence-electron chi connectivity index (χ1n) is 10.6. The van der Waals surface area contributed by atoms with E-state index in [1.54, 1.807) is 26.0 Å². The molecule has 3 rings (SSSR count). The number of Topliss-reactive ketones (excluding diaryl/α,β-unsaturated/α-hetero) is 1. The molecule has 0 bridgehead atoms. The number of aliphatic hydroxyl groups is 2. The molecule has 32 heavy (non-hydrogen) atoms. The molecule has 0 spiro atoms. The number of hydrogen-bond donors (Lipinski definition) is 5. The van der Waals surface area contributed by atoms with E-state index in [0.717, 1.165) is 5.57 Å². The molecule has 5 N–H and O–H groups in total. The predicted molar refractivity (Wildman–Crippen MR) is 119 cm³/mol. The lowest BCUT2D eigenvalue weighted by Crippen LogP contribution is -2.35. The standard InChI is InChI=1S/C25H30O7/c1-14(5-11-22(29)25(2,3)31)4-10-17-18(27)12-21-23(24(17)30)19(28)13-20(32-21)15-6-8-16(26)9-7-15/h4,6-9,12,20,22,26-27,29-31H,5,10-11,13H2,1-3H3/t20-,22?/m0/s1. The molecule has 1 aliphatic heterocycles. The van der Waals surface area contributed by atoms with Gasteiger partial charge in [-0.3, -0.25) is 4.79 Å². The van der Waals surface area contributed by atoms with Crippen LogP contribution in [-0.4, -0.2) is 43.0 Å². The Labute approximate surface area is 187 Å². The summed E-state index contributed by atoms with van der Waals surface area (Å²) in [6.45, 7) is 4.95. The van der Waals surface area contributed by atoms with E-state index >= 15 is 0 Å². The van der Waals surface area contributed by atoms with Gasteiger partial charge in [0, 0.05) is 11.6 Å². The third kappa shape index (κ3) is 5.23. The molecule has 172 valence electrons. The molecule has 0 radical (unpaired) electrons. The van der Waals surface area contributed by atoms with Crippen molar-refractivity contribution in [3.8, 4) is 23.0 Å². The average molecular weight is 443 g/mol. The molecule has 0 aliphatic carbocycles. The van der Waals surface area contributed by atoms with E-state index in [4.69, 9.17) is 4.74 Å². The third-order valence-corrected chi connectivity index (χ3v) is 5.81. The Balaban J connectivity index is 1.78. The minimum Gasteiger partial charge on any atom is -0.508 e. The number of rotatable bonds is 7. The van der Waals surface area contributed by atoms with Crippen LogP contribution in [0.1, 0.15) is 67.6 Å². The first-order valence-corrected chi connectivity index (χ1v) is 10.6. The Morgan fingerprint density at radius 1 is 1.22 bits per heavy atom. The van der Waals surface area contributed by atoms with Crippen molar-refractivity contribution in [1.29, 1.82) is 0 Å². The van der Waals surface area contributed by atoms with Crippen LogP contribution < -0.4 is 4.74 Å². The Morgan fingerprint density at radius 3 is 2.50 bits per heavy atom. The Bertz CT molecular complexity index is 1020. The maximum Gasteiger partial charge on any atom is 0.174 e. The van der Waals surface area contributed by atoms with Crippen LogP contribution in [0.15, 0.2) is 42.0 Å². The van der Waals surface area contributed by atoms with Gasteiger partial charge in [-0.1, -0.05) is 23.8 Å². The highest BCUT2D eigenvalue weighted by Crippen LogP contribution is 2.44. The molecule has 1 heterocycles. The van der Waals surface area contributed by atoms with E-state index in [2.05, 4.69) is 0 Å². The number of ether oxygens (including phenoxy) is 1. The van der Waals surface area contributed by atoms with Gasteiger partial charge in [0.2, 0.25) is 0 Å². The van der Waals surface area contributed by atoms with E-state index in [1.165, 1.54) is 18.2 Å². The van der Waals surface area contributed by atoms with Crippen LogP contribution in [0, 0.1) is 0 Å². The lowest BCUT2D eigenvalue weighted by atomic mass is 9.92. The summed E-state index contributed by atoms with van der Waals surface area (Å²) in [6, 6.07) is 7.68. The molecule has 7 nitrogen and oxygen atoms in total. The monoisotopic (exact) mass is 442 g/mol. The molecular weight excluding hydrogens is 412 g/mol. The van der Waals surface area contributed by atoms with Gasteiger partial charge in [0.1, 0.15) is 34.7 Å². The number of hydrogen-bond acceptors (Lipinski definition) is 7. The number of phenolic OH excluding ortho intramolecular Hbond substituents is 3.